The lowest BCUT2D eigenvalue weighted by Crippen LogP contribution is -2.28. The number of benzene rings is 2. The molecule has 0 aliphatic heterocycles. The van der Waals surface area contributed by atoms with Crippen molar-refractivity contribution >= 4 is 5.78 Å². The van der Waals surface area contributed by atoms with Crippen molar-refractivity contribution in [3.8, 4) is 0 Å². The zero-order valence-corrected chi connectivity index (χ0v) is 21.0. The minimum absolute atomic E-state index is 0.0752. The molecule has 0 aliphatic rings. The summed E-state index contributed by atoms with van der Waals surface area (Å²) in [6, 6.07) is 18.6. The molecule has 0 fully saturated rings. The van der Waals surface area contributed by atoms with Gasteiger partial charge in [0, 0.05) is 11.1 Å². The number of hydrogen-bond donors (Lipinski definition) is 2. The molecule has 2 N–H and O–H groups in total. The van der Waals surface area contributed by atoms with Crippen LogP contribution in [0.4, 0.5) is 0 Å². The van der Waals surface area contributed by atoms with E-state index in [1.807, 2.05) is 74.5 Å². The van der Waals surface area contributed by atoms with Gasteiger partial charge in [0.2, 0.25) is 0 Å². The predicted octanol–water partition coefficient (Wildman–Crippen LogP) is 6.58. The first-order valence-corrected chi connectivity index (χ1v) is 12.5. The molecule has 2 rings (SSSR count). The van der Waals surface area contributed by atoms with Crippen LogP contribution < -0.4 is 0 Å². The minimum Gasteiger partial charge on any atom is -0.393 e. The standard InChI is InChI=1S/C16H34O3.C13H10O/c1-5-7-9-15(11-13(3)17)19-16(10-8-6-2)12-14(4)18;14-13(11-7-3-1-4-8-11)12-9-5-2-6-10-12/h13-18H,5-12H2,1-4H3;1-10H. The highest BCUT2D eigenvalue weighted by Gasteiger charge is 2.19. The van der Waals surface area contributed by atoms with Gasteiger partial charge in [-0.15, -0.1) is 0 Å². The molecule has 2 aromatic rings. The highest BCUT2D eigenvalue weighted by atomic mass is 16.5. The molecule has 2 aromatic carbocycles. The normalized spacial score (nSPS) is 14.5. The van der Waals surface area contributed by atoms with Crippen LogP contribution in [0.15, 0.2) is 60.7 Å². The Balaban J connectivity index is 0.000000342. The Bertz CT molecular complexity index is 666. The molecular formula is C29H44O4. The topological polar surface area (TPSA) is 66.8 Å². The van der Waals surface area contributed by atoms with E-state index in [9.17, 15) is 15.0 Å². The zero-order chi connectivity index (χ0) is 24.5. The minimum atomic E-state index is -0.319. The van der Waals surface area contributed by atoms with Crippen LogP contribution in [0.25, 0.3) is 0 Å². The van der Waals surface area contributed by atoms with E-state index < -0.39 is 0 Å². The summed E-state index contributed by atoms with van der Waals surface area (Å²) in [4.78, 5) is 11.8. The number of unbranched alkanes of at least 4 members (excludes halogenated alkanes) is 2. The van der Waals surface area contributed by atoms with Gasteiger partial charge in [-0.1, -0.05) is 100 Å². The third kappa shape index (κ3) is 13.3. The van der Waals surface area contributed by atoms with Crippen LogP contribution in [0.3, 0.4) is 0 Å². The molecule has 4 unspecified atom stereocenters. The summed E-state index contributed by atoms with van der Waals surface area (Å²) in [6.45, 7) is 7.98. The Labute approximate surface area is 201 Å². The van der Waals surface area contributed by atoms with Crippen molar-refractivity contribution in [3.05, 3.63) is 71.8 Å². The van der Waals surface area contributed by atoms with Gasteiger partial charge in [-0.3, -0.25) is 4.79 Å². The van der Waals surface area contributed by atoms with E-state index in [1.54, 1.807) is 0 Å². The number of rotatable bonds is 14. The van der Waals surface area contributed by atoms with Crippen LogP contribution in [0.2, 0.25) is 0 Å². The van der Waals surface area contributed by atoms with Crippen molar-refractivity contribution in [2.24, 2.45) is 0 Å². The van der Waals surface area contributed by atoms with E-state index in [2.05, 4.69) is 13.8 Å². The number of ether oxygens (including phenoxy) is 1. The predicted molar refractivity (Wildman–Crippen MR) is 137 cm³/mol. The summed E-state index contributed by atoms with van der Waals surface area (Å²) < 4.78 is 6.16. The smallest absolute Gasteiger partial charge is 0.193 e. The van der Waals surface area contributed by atoms with E-state index in [4.69, 9.17) is 4.74 Å². The molecule has 4 atom stereocenters. The van der Waals surface area contributed by atoms with Gasteiger partial charge in [0.05, 0.1) is 24.4 Å². The molecule has 0 bridgehead atoms. The van der Waals surface area contributed by atoms with Gasteiger partial charge in [0.1, 0.15) is 0 Å². The van der Waals surface area contributed by atoms with E-state index >= 15 is 0 Å². The summed E-state index contributed by atoms with van der Waals surface area (Å²) in [5.41, 5.74) is 1.47. The Kier molecular flexibility index (Phi) is 15.4. The SMILES string of the molecule is CCCCC(CC(C)O)OC(CCCC)CC(C)O.O=C(c1ccccc1)c1ccccc1. The molecule has 0 saturated heterocycles. The van der Waals surface area contributed by atoms with Gasteiger partial charge in [0.25, 0.3) is 0 Å². The van der Waals surface area contributed by atoms with Crippen molar-refractivity contribution in [2.45, 2.75) is 103 Å². The van der Waals surface area contributed by atoms with E-state index in [-0.39, 0.29) is 30.2 Å². The number of carbonyl (C=O) groups is 1. The summed E-state index contributed by atoms with van der Waals surface area (Å²) in [6.07, 6.45) is 7.57. The molecule has 0 aliphatic carbocycles. The molecule has 4 heteroatoms. The molecule has 0 aromatic heterocycles. The first-order valence-electron chi connectivity index (χ1n) is 12.5. The molecule has 0 spiro atoms. The first kappa shape index (κ1) is 29.0. The van der Waals surface area contributed by atoms with Crippen LogP contribution in [0.5, 0.6) is 0 Å². The molecule has 0 saturated carbocycles. The van der Waals surface area contributed by atoms with Gasteiger partial charge in [-0.25, -0.2) is 0 Å². The van der Waals surface area contributed by atoms with Gasteiger partial charge in [-0.05, 0) is 39.5 Å². The number of aliphatic hydroxyl groups excluding tert-OH is 2. The van der Waals surface area contributed by atoms with E-state index in [0.29, 0.717) is 12.8 Å². The maximum atomic E-state index is 11.8. The second-order valence-electron chi connectivity index (χ2n) is 8.90. The Morgan fingerprint density at radius 2 is 1.09 bits per heavy atom. The van der Waals surface area contributed by atoms with Crippen molar-refractivity contribution in [3.63, 3.8) is 0 Å². The van der Waals surface area contributed by atoms with Gasteiger partial charge < -0.3 is 14.9 Å². The fraction of sp³-hybridized carbons (Fsp3) is 0.552. The van der Waals surface area contributed by atoms with Crippen LogP contribution in [-0.4, -0.2) is 40.4 Å². The largest absolute Gasteiger partial charge is 0.393 e. The van der Waals surface area contributed by atoms with Gasteiger partial charge in [-0.2, -0.15) is 0 Å². The Morgan fingerprint density at radius 1 is 0.727 bits per heavy atom. The highest BCUT2D eigenvalue weighted by molar-refractivity contribution is 6.08. The van der Waals surface area contributed by atoms with Crippen molar-refractivity contribution < 1.29 is 19.7 Å². The lowest BCUT2D eigenvalue weighted by atomic mass is 10.0. The lowest BCUT2D eigenvalue weighted by molar-refractivity contribution is -0.0580. The van der Waals surface area contributed by atoms with Gasteiger partial charge in [0.15, 0.2) is 5.78 Å². The maximum Gasteiger partial charge on any atom is 0.193 e. The summed E-state index contributed by atoms with van der Waals surface area (Å²) in [5, 5.41) is 19.1. The maximum absolute atomic E-state index is 11.8. The number of aliphatic hydroxyl groups is 2. The lowest BCUT2D eigenvalue weighted by Gasteiger charge is -2.27. The number of ketones is 1. The first-order chi connectivity index (χ1) is 15.9. The fourth-order valence-electron chi connectivity index (χ4n) is 3.73. The molecule has 4 nitrogen and oxygen atoms in total. The summed E-state index contributed by atoms with van der Waals surface area (Å²) >= 11 is 0. The zero-order valence-electron chi connectivity index (χ0n) is 21.0. The molecule has 184 valence electrons. The van der Waals surface area contributed by atoms with Crippen molar-refractivity contribution in [2.75, 3.05) is 0 Å². The van der Waals surface area contributed by atoms with Crippen molar-refractivity contribution in [1.29, 1.82) is 0 Å². The highest BCUT2D eigenvalue weighted by Crippen LogP contribution is 2.19. The van der Waals surface area contributed by atoms with Gasteiger partial charge >= 0.3 is 0 Å². The van der Waals surface area contributed by atoms with Crippen molar-refractivity contribution in [1.82, 2.24) is 0 Å². The number of carbonyl (C=O) groups excluding carboxylic acids is 1. The molecule has 0 radical (unpaired) electrons. The average molecular weight is 457 g/mol. The van der Waals surface area contributed by atoms with Crippen LogP contribution in [0.1, 0.15) is 95.0 Å². The average Bonchev–Trinajstić information content (AvgIpc) is 2.81. The second kappa shape index (κ2) is 17.5. The Morgan fingerprint density at radius 3 is 1.39 bits per heavy atom. The van der Waals surface area contributed by atoms with Crippen LogP contribution >= 0.6 is 0 Å². The fourth-order valence-corrected chi connectivity index (χ4v) is 3.73. The van der Waals surface area contributed by atoms with E-state index in [1.165, 1.54) is 0 Å². The monoisotopic (exact) mass is 456 g/mol. The van der Waals surface area contributed by atoms with E-state index in [0.717, 1.165) is 49.7 Å². The van der Waals surface area contributed by atoms with Crippen LogP contribution in [-0.2, 0) is 4.74 Å². The molecule has 0 amide bonds. The third-order valence-corrected chi connectivity index (χ3v) is 5.42. The molecular weight excluding hydrogens is 412 g/mol. The molecule has 0 heterocycles. The van der Waals surface area contributed by atoms with Crippen LogP contribution in [0, 0.1) is 0 Å². The Hall–Kier alpha value is -2.01. The third-order valence-electron chi connectivity index (χ3n) is 5.42. The summed E-state index contributed by atoms with van der Waals surface area (Å²) in [7, 11) is 0. The summed E-state index contributed by atoms with van der Waals surface area (Å²) in [5.74, 6) is 0.0752. The number of hydrogen-bond acceptors (Lipinski definition) is 4. The second-order valence-corrected chi connectivity index (χ2v) is 8.90. The molecule has 33 heavy (non-hydrogen) atoms. The quantitative estimate of drug-likeness (QED) is 0.315.